The summed E-state index contributed by atoms with van der Waals surface area (Å²) in [5, 5.41) is 0. The minimum Gasteiger partial charge on any atom is -0.425 e. The van der Waals surface area contributed by atoms with Gasteiger partial charge in [0.1, 0.15) is 11.4 Å². The van der Waals surface area contributed by atoms with Gasteiger partial charge in [0.25, 0.3) is 0 Å². The standard InChI is InChI=1S/C13H6F4O/c14-9-5-1-3-7-8-4-2-6-10(15)12(8)18-13(16,17)11(7)9/h1-6H. The molecule has 0 fully saturated rings. The van der Waals surface area contributed by atoms with Gasteiger partial charge in [-0.1, -0.05) is 24.3 Å². The lowest BCUT2D eigenvalue weighted by Gasteiger charge is -2.28. The van der Waals surface area contributed by atoms with Crippen LogP contribution in [0, 0.1) is 11.6 Å². The molecule has 18 heavy (non-hydrogen) atoms. The second-order valence-electron chi connectivity index (χ2n) is 3.90. The first-order chi connectivity index (χ1) is 8.50. The molecule has 0 unspecified atom stereocenters. The molecule has 2 aromatic carbocycles. The van der Waals surface area contributed by atoms with Crippen molar-refractivity contribution >= 4 is 0 Å². The van der Waals surface area contributed by atoms with Crippen molar-refractivity contribution in [3.05, 3.63) is 53.6 Å². The Hall–Kier alpha value is -2.04. The van der Waals surface area contributed by atoms with Crippen molar-refractivity contribution in [1.29, 1.82) is 0 Å². The molecule has 5 heteroatoms. The first-order valence-corrected chi connectivity index (χ1v) is 5.15. The summed E-state index contributed by atoms with van der Waals surface area (Å²) in [6.45, 7) is 0. The van der Waals surface area contributed by atoms with Gasteiger partial charge in [-0.25, -0.2) is 8.78 Å². The fourth-order valence-electron chi connectivity index (χ4n) is 2.05. The first-order valence-electron chi connectivity index (χ1n) is 5.15. The molecule has 0 amide bonds. The number of hydrogen-bond acceptors (Lipinski definition) is 1. The van der Waals surface area contributed by atoms with Gasteiger partial charge in [0.05, 0.1) is 0 Å². The number of hydrogen-bond donors (Lipinski definition) is 0. The van der Waals surface area contributed by atoms with Crippen LogP contribution in [0.3, 0.4) is 0 Å². The second-order valence-corrected chi connectivity index (χ2v) is 3.90. The van der Waals surface area contributed by atoms with E-state index in [1.54, 1.807) is 0 Å². The Bertz CT molecular complexity index is 637. The Morgan fingerprint density at radius 3 is 2.17 bits per heavy atom. The summed E-state index contributed by atoms with van der Waals surface area (Å²) in [7, 11) is 0. The van der Waals surface area contributed by atoms with Crippen molar-refractivity contribution in [3.63, 3.8) is 0 Å². The molecule has 0 bridgehead atoms. The predicted octanol–water partition coefficient (Wildman–Crippen LogP) is 4.07. The van der Waals surface area contributed by atoms with Crippen LogP contribution in [0.4, 0.5) is 17.6 Å². The summed E-state index contributed by atoms with van der Waals surface area (Å²) in [5.74, 6) is -2.53. The van der Waals surface area contributed by atoms with Gasteiger partial charge >= 0.3 is 6.11 Å². The highest BCUT2D eigenvalue weighted by atomic mass is 19.3. The van der Waals surface area contributed by atoms with E-state index in [0.717, 1.165) is 12.1 Å². The molecule has 0 saturated heterocycles. The quantitative estimate of drug-likeness (QED) is 0.644. The van der Waals surface area contributed by atoms with Gasteiger partial charge < -0.3 is 4.74 Å². The molecular formula is C13H6F4O. The second kappa shape index (κ2) is 3.48. The molecule has 0 aliphatic carbocycles. The fraction of sp³-hybridized carbons (Fsp3) is 0.0769. The van der Waals surface area contributed by atoms with Crippen molar-refractivity contribution in [2.24, 2.45) is 0 Å². The average Bonchev–Trinajstić information content (AvgIpc) is 2.30. The lowest BCUT2D eigenvalue weighted by molar-refractivity contribution is -0.190. The molecule has 1 nitrogen and oxygen atoms in total. The average molecular weight is 254 g/mol. The Kier molecular flexibility index (Phi) is 2.14. The maximum absolute atomic E-state index is 13.7. The van der Waals surface area contributed by atoms with Gasteiger partial charge in [0.2, 0.25) is 0 Å². The van der Waals surface area contributed by atoms with Crippen LogP contribution in [-0.2, 0) is 6.11 Å². The third-order valence-electron chi connectivity index (χ3n) is 2.79. The van der Waals surface area contributed by atoms with E-state index in [4.69, 9.17) is 0 Å². The topological polar surface area (TPSA) is 9.23 Å². The third kappa shape index (κ3) is 1.40. The molecule has 0 spiro atoms. The molecule has 1 aliphatic rings. The van der Waals surface area contributed by atoms with Crippen molar-refractivity contribution < 1.29 is 22.3 Å². The van der Waals surface area contributed by atoms with Crippen LogP contribution in [0.15, 0.2) is 36.4 Å². The van der Waals surface area contributed by atoms with Gasteiger partial charge in [-0.2, -0.15) is 8.78 Å². The van der Waals surface area contributed by atoms with Crippen molar-refractivity contribution in [2.75, 3.05) is 0 Å². The molecule has 0 N–H and O–H groups in total. The molecular weight excluding hydrogens is 248 g/mol. The summed E-state index contributed by atoms with van der Waals surface area (Å²) in [6.07, 6.45) is -3.88. The van der Waals surface area contributed by atoms with E-state index < -0.39 is 29.1 Å². The molecule has 92 valence electrons. The van der Waals surface area contributed by atoms with E-state index in [-0.39, 0.29) is 11.1 Å². The van der Waals surface area contributed by atoms with Crippen LogP contribution in [0.25, 0.3) is 11.1 Å². The zero-order valence-corrected chi connectivity index (χ0v) is 8.88. The summed E-state index contributed by atoms with van der Waals surface area (Å²) in [6, 6.07) is 7.30. The van der Waals surface area contributed by atoms with Gasteiger partial charge in [-0.05, 0) is 12.1 Å². The third-order valence-corrected chi connectivity index (χ3v) is 2.79. The Labute approximate surface area is 99.6 Å². The van der Waals surface area contributed by atoms with E-state index in [1.807, 2.05) is 0 Å². The number of ether oxygens (including phenoxy) is 1. The molecule has 0 saturated carbocycles. The van der Waals surface area contributed by atoms with Crippen LogP contribution in [-0.4, -0.2) is 0 Å². The predicted molar refractivity (Wildman–Crippen MR) is 56.3 cm³/mol. The highest BCUT2D eigenvalue weighted by Crippen LogP contribution is 2.48. The zero-order chi connectivity index (χ0) is 12.9. The Morgan fingerprint density at radius 1 is 0.833 bits per heavy atom. The fourth-order valence-corrected chi connectivity index (χ4v) is 2.05. The SMILES string of the molecule is Fc1cccc2c1OC(F)(F)c1c(F)cccc1-2. The lowest BCUT2D eigenvalue weighted by Crippen LogP contribution is -2.28. The van der Waals surface area contributed by atoms with Gasteiger partial charge in [-0.15, -0.1) is 0 Å². The molecule has 1 heterocycles. The highest BCUT2D eigenvalue weighted by Gasteiger charge is 2.45. The maximum Gasteiger partial charge on any atom is 0.430 e. The van der Waals surface area contributed by atoms with E-state index in [1.165, 1.54) is 24.3 Å². The monoisotopic (exact) mass is 254 g/mol. The molecule has 0 aromatic heterocycles. The summed E-state index contributed by atoms with van der Waals surface area (Å²) in [4.78, 5) is 0. The molecule has 3 rings (SSSR count). The summed E-state index contributed by atoms with van der Waals surface area (Å²) in [5.41, 5.74) is -0.792. The van der Waals surface area contributed by atoms with E-state index in [2.05, 4.69) is 4.74 Å². The van der Waals surface area contributed by atoms with Crippen molar-refractivity contribution in [2.45, 2.75) is 6.11 Å². The van der Waals surface area contributed by atoms with Crippen LogP contribution >= 0.6 is 0 Å². The molecule has 1 aliphatic heterocycles. The Balaban J connectivity index is 2.39. The van der Waals surface area contributed by atoms with Gasteiger partial charge in [0.15, 0.2) is 11.6 Å². The smallest absolute Gasteiger partial charge is 0.425 e. The lowest BCUT2D eigenvalue weighted by atomic mass is 9.95. The summed E-state index contributed by atoms with van der Waals surface area (Å²) >= 11 is 0. The number of rotatable bonds is 0. The van der Waals surface area contributed by atoms with Gasteiger partial charge in [-0.3, -0.25) is 0 Å². The maximum atomic E-state index is 13.7. The van der Waals surface area contributed by atoms with E-state index in [9.17, 15) is 17.6 Å². The zero-order valence-electron chi connectivity index (χ0n) is 8.88. The van der Waals surface area contributed by atoms with E-state index in [0.29, 0.717) is 0 Å². The number of para-hydroxylation sites is 1. The normalized spacial score (nSPS) is 15.6. The summed E-state index contributed by atoms with van der Waals surface area (Å²) < 4.78 is 58.6. The number of fused-ring (bicyclic) bond motifs is 3. The highest BCUT2D eigenvalue weighted by molar-refractivity contribution is 5.76. The number of benzene rings is 2. The van der Waals surface area contributed by atoms with Crippen LogP contribution in [0.2, 0.25) is 0 Å². The van der Waals surface area contributed by atoms with Gasteiger partial charge in [0, 0.05) is 11.1 Å². The first kappa shape index (κ1) is 11.1. The van der Waals surface area contributed by atoms with Crippen LogP contribution in [0.1, 0.15) is 5.56 Å². The van der Waals surface area contributed by atoms with Crippen molar-refractivity contribution in [3.8, 4) is 16.9 Å². The van der Waals surface area contributed by atoms with E-state index >= 15 is 0 Å². The largest absolute Gasteiger partial charge is 0.430 e. The Morgan fingerprint density at radius 2 is 1.44 bits per heavy atom. The molecule has 0 radical (unpaired) electrons. The van der Waals surface area contributed by atoms with Crippen LogP contribution < -0.4 is 4.74 Å². The van der Waals surface area contributed by atoms with Crippen LogP contribution in [0.5, 0.6) is 5.75 Å². The minimum atomic E-state index is -3.88. The molecule has 2 aromatic rings. The minimum absolute atomic E-state index is 0.0549. The van der Waals surface area contributed by atoms with Crippen molar-refractivity contribution in [1.82, 2.24) is 0 Å². The number of alkyl halides is 2. The molecule has 0 atom stereocenters. The number of halogens is 4.